The van der Waals surface area contributed by atoms with E-state index in [2.05, 4.69) is 0 Å². The Labute approximate surface area is 247 Å². The first-order valence-corrected chi connectivity index (χ1v) is 16.0. The first-order chi connectivity index (χ1) is 19.8. The van der Waals surface area contributed by atoms with Crippen LogP contribution in [0, 0.1) is 5.82 Å². The number of halogens is 1. The molecule has 228 valence electrons. The molecule has 0 saturated carbocycles. The van der Waals surface area contributed by atoms with E-state index in [-0.39, 0.29) is 42.3 Å². The number of aromatic nitrogens is 1. The number of benzene rings is 2. The molecule has 1 aliphatic heterocycles. The van der Waals surface area contributed by atoms with Gasteiger partial charge in [0.25, 0.3) is 0 Å². The lowest BCUT2D eigenvalue weighted by molar-refractivity contribution is -0.139. The number of nitrogens with zero attached hydrogens (tertiary/aromatic N) is 2. The van der Waals surface area contributed by atoms with Gasteiger partial charge in [0.05, 0.1) is 24.3 Å². The second-order valence-corrected chi connectivity index (χ2v) is 13.4. The molecule has 3 N–H and O–H groups in total. The van der Waals surface area contributed by atoms with Crippen molar-refractivity contribution in [1.29, 1.82) is 0 Å². The minimum Gasteiger partial charge on any atom is -0.481 e. The Kier molecular flexibility index (Phi) is 9.92. The number of hydrogen-bond acceptors (Lipinski definition) is 5. The maximum atomic E-state index is 14.7. The predicted molar refractivity (Wildman–Crippen MR) is 160 cm³/mol. The zero-order valence-electron chi connectivity index (χ0n) is 24.6. The summed E-state index contributed by atoms with van der Waals surface area (Å²) in [6.07, 6.45) is -1.19. The summed E-state index contributed by atoms with van der Waals surface area (Å²) in [5.74, 6) is -1.82. The summed E-state index contributed by atoms with van der Waals surface area (Å²) >= 11 is 0. The van der Waals surface area contributed by atoms with E-state index in [1.807, 2.05) is 62.6 Å². The number of rotatable bonds is 12. The Bertz CT molecular complexity index is 1480. The number of aliphatic hydroxyl groups excluding tert-OH is 2. The Balaban J connectivity index is 1.98. The average molecular weight is 601 g/mol. The summed E-state index contributed by atoms with van der Waals surface area (Å²) in [6, 6.07) is 14.9. The van der Waals surface area contributed by atoms with Gasteiger partial charge in [0, 0.05) is 29.9 Å². The van der Waals surface area contributed by atoms with E-state index in [0.717, 1.165) is 12.8 Å². The highest BCUT2D eigenvalue weighted by Gasteiger charge is 2.43. The van der Waals surface area contributed by atoms with E-state index in [9.17, 15) is 27.8 Å². The maximum absolute atomic E-state index is 14.7. The van der Waals surface area contributed by atoms with Crippen molar-refractivity contribution < 1.29 is 32.9 Å². The molecule has 0 amide bonds. The molecule has 8 nitrogen and oxygen atoms in total. The minimum atomic E-state index is -4.01. The van der Waals surface area contributed by atoms with Crippen molar-refractivity contribution in [1.82, 2.24) is 8.87 Å². The van der Waals surface area contributed by atoms with Crippen LogP contribution in [0.4, 0.5) is 4.39 Å². The number of carboxylic acids is 1. The average Bonchev–Trinajstić information content (AvgIpc) is 3.45. The van der Waals surface area contributed by atoms with Crippen LogP contribution in [0.2, 0.25) is 0 Å². The van der Waals surface area contributed by atoms with Crippen LogP contribution in [-0.4, -0.2) is 62.9 Å². The first kappa shape index (κ1) is 31.9. The lowest BCUT2D eigenvalue weighted by Crippen LogP contribution is -2.39. The van der Waals surface area contributed by atoms with Gasteiger partial charge in [0.15, 0.2) is 0 Å². The van der Waals surface area contributed by atoms with Crippen molar-refractivity contribution in [2.45, 2.75) is 101 Å². The van der Waals surface area contributed by atoms with Gasteiger partial charge in [-0.3, -0.25) is 4.79 Å². The van der Waals surface area contributed by atoms with Crippen molar-refractivity contribution >= 4 is 16.0 Å². The molecular formula is C32H41FN2O6S. The molecule has 10 heteroatoms. The van der Waals surface area contributed by atoms with Crippen LogP contribution in [0.3, 0.4) is 0 Å². The summed E-state index contributed by atoms with van der Waals surface area (Å²) in [5.41, 5.74) is 3.03. The molecule has 1 aliphatic rings. The number of carboxylic acid groups (broad SMARTS) is 1. The smallest absolute Gasteiger partial charge is 0.305 e. The standard InChI is InChI=1S/C32H41FN2O6S/c1-20(2)30-32(42(40,41)35-21(3)10-11-22(35)4)29(23-8-6-5-7-9-23)31(24-12-14-25(33)15-13-24)34(30)17-16-26(36)18-27(37)19-28(38)39/h5-9,12-15,20-22,26-27,36-37H,10-11,16-19H2,1-4H3,(H,38,39)/t21-,22+,26-,27-/m1/s1. The van der Waals surface area contributed by atoms with Gasteiger partial charge in [-0.2, -0.15) is 4.31 Å². The number of aliphatic hydroxyl groups is 2. The first-order valence-electron chi connectivity index (χ1n) is 14.5. The molecule has 0 aliphatic carbocycles. The maximum Gasteiger partial charge on any atom is 0.305 e. The van der Waals surface area contributed by atoms with Gasteiger partial charge in [-0.15, -0.1) is 0 Å². The number of hydrogen-bond donors (Lipinski definition) is 3. The topological polar surface area (TPSA) is 120 Å². The fourth-order valence-corrected chi connectivity index (χ4v) is 8.66. The highest BCUT2D eigenvalue weighted by Crippen LogP contribution is 2.47. The summed E-state index contributed by atoms with van der Waals surface area (Å²) in [6.45, 7) is 7.90. The molecule has 3 aromatic rings. The lowest BCUT2D eigenvalue weighted by Gasteiger charge is -2.27. The van der Waals surface area contributed by atoms with Gasteiger partial charge in [-0.25, -0.2) is 12.8 Å². The van der Waals surface area contributed by atoms with E-state index in [1.54, 1.807) is 16.4 Å². The van der Waals surface area contributed by atoms with Crippen LogP contribution in [0.25, 0.3) is 22.4 Å². The van der Waals surface area contributed by atoms with Gasteiger partial charge >= 0.3 is 5.97 Å². The minimum absolute atomic E-state index is 0.129. The molecule has 42 heavy (non-hydrogen) atoms. The highest BCUT2D eigenvalue weighted by molar-refractivity contribution is 7.89. The van der Waals surface area contributed by atoms with E-state index in [0.29, 0.717) is 28.1 Å². The molecule has 1 aromatic heterocycles. The van der Waals surface area contributed by atoms with Crippen molar-refractivity contribution in [3.8, 4) is 22.4 Å². The fraction of sp³-hybridized carbons (Fsp3) is 0.469. The zero-order valence-corrected chi connectivity index (χ0v) is 25.4. The zero-order chi connectivity index (χ0) is 30.8. The summed E-state index contributed by atoms with van der Waals surface area (Å²) < 4.78 is 47.0. The van der Waals surface area contributed by atoms with Crippen molar-refractivity contribution in [2.75, 3.05) is 0 Å². The quantitative estimate of drug-likeness (QED) is 0.248. The van der Waals surface area contributed by atoms with Crippen LogP contribution in [0.1, 0.15) is 71.4 Å². The Morgan fingerprint density at radius 1 is 0.952 bits per heavy atom. The number of carbonyl (C=O) groups is 1. The monoisotopic (exact) mass is 600 g/mol. The van der Waals surface area contributed by atoms with Gasteiger partial charge in [0.1, 0.15) is 10.7 Å². The number of aliphatic carboxylic acids is 1. The van der Waals surface area contributed by atoms with E-state index in [4.69, 9.17) is 5.11 Å². The molecule has 4 atom stereocenters. The fourth-order valence-electron chi connectivity index (χ4n) is 6.21. The number of sulfonamides is 1. The molecule has 1 saturated heterocycles. The molecule has 0 radical (unpaired) electrons. The lowest BCUT2D eigenvalue weighted by atomic mass is 10.0. The van der Waals surface area contributed by atoms with Crippen molar-refractivity contribution in [3.63, 3.8) is 0 Å². The second kappa shape index (κ2) is 13.1. The molecule has 2 aromatic carbocycles. The SMILES string of the molecule is CC(C)c1c(S(=O)(=O)N2[C@H](C)CC[C@@H]2C)c(-c2ccccc2)c(-c2ccc(F)cc2)n1CC[C@@H](O)C[C@@H](O)CC(=O)O. The van der Waals surface area contributed by atoms with Crippen LogP contribution in [0.15, 0.2) is 59.5 Å². The summed E-state index contributed by atoms with van der Waals surface area (Å²) in [5, 5.41) is 29.9. The Hall–Kier alpha value is -3.05. The van der Waals surface area contributed by atoms with Crippen LogP contribution in [0.5, 0.6) is 0 Å². The van der Waals surface area contributed by atoms with Gasteiger partial charge in [-0.05, 0) is 80.8 Å². The largest absolute Gasteiger partial charge is 0.481 e. The molecule has 4 rings (SSSR count). The normalized spacial score (nSPS) is 19.3. The molecule has 1 fully saturated rings. The highest BCUT2D eigenvalue weighted by atomic mass is 32.2. The van der Waals surface area contributed by atoms with Crippen LogP contribution in [-0.2, 0) is 21.4 Å². The van der Waals surface area contributed by atoms with Crippen LogP contribution < -0.4 is 0 Å². The Morgan fingerprint density at radius 2 is 1.55 bits per heavy atom. The predicted octanol–water partition coefficient (Wildman–Crippen LogP) is 5.62. The summed E-state index contributed by atoms with van der Waals surface area (Å²) in [7, 11) is -4.01. The van der Waals surface area contributed by atoms with E-state index >= 15 is 0 Å². The van der Waals surface area contributed by atoms with Gasteiger partial charge < -0.3 is 19.9 Å². The molecule has 0 bridgehead atoms. The third-order valence-electron chi connectivity index (χ3n) is 8.03. The molecule has 0 spiro atoms. The molecule has 0 unspecified atom stereocenters. The second-order valence-electron chi connectivity index (χ2n) is 11.7. The van der Waals surface area contributed by atoms with E-state index in [1.165, 1.54) is 12.1 Å². The third kappa shape index (κ3) is 6.62. The molecule has 2 heterocycles. The van der Waals surface area contributed by atoms with Gasteiger partial charge in [0.2, 0.25) is 10.0 Å². The van der Waals surface area contributed by atoms with E-state index < -0.39 is 40.4 Å². The molecular weight excluding hydrogens is 559 g/mol. The Morgan fingerprint density at radius 3 is 2.10 bits per heavy atom. The third-order valence-corrected chi connectivity index (χ3v) is 10.2. The summed E-state index contributed by atoms with van der Waals surface area (Å²) in [4.78, 5) is 11.2. The van der Waals surface area contributed by atoms with Crippen molar-refractivity contribution in [3.05, 3.63) is 66.1 Å². The van der Waals surface area contributed by atoms with Gasteiger partial charge in [-0.1, -0.05) is 44.2 Å². The van der Waals surface area contributed by atoms with Crippen LogP contribution >= 0.6 is 0 Å². The van der Waals surface area contributed by atoms with Crippen molar-refractivity contribution in [2.24, 2.45) is 0 Å².